The first-order valence-electron chi connectivity index (χ1n) is 8.52. The molecule has 0 amide bonds. The molecule has 8 heteroatoms. The Kier molecular flexibility index (Phi) is 4.84. The normalized spacial score (nSPS) is 13.3. The number of primary sulfonamides is 1. The van der Waals surface area contributed by atoms with E-state index in [2.05, 4.69) is 40.1 Å². The van der Waals surface area contributed by atoms with Crippen molar-refractivity contribution < 1.29 is 8.42 Å². The highest BCUT2D eigenvalue weighted by atomic mass is 32.2. The van der Waals surface area contributed by atoms with Gasteiger partial charge in [-0.2, -0.15) is 5.10 Å². The maximum atomic E-state index is 11.3. The summed E-state index contributed by atoms with van der Waals surface area (Å²) < 4.78 is 22.6. The first-order chi connectivity index (χ1) is 13.4. The van der Waals surface area contributed by atoms with E-state index in [-0.39, 0.29) is 4.90 Å². The maximum Gasteiger partial charge on any atom is 0.238 e. The number of benzene rings is 3. The smallest absolute Gasteiger partial charge is 0.238 e. The van der Waals surface area contributed by atoms with Gasteiger partial charge in [0.25, 0.3) is 0 Å². The van der Waals surface area contributed by atoms with Gasteiger partial charge in [0.05, 0.1) is 27.7 Å². The molecule has 0 unspecified atom stereocenters. The second kappa shape index (κ2) is 7.31. The summed E-state index contributed by atoms with van der Waals surface area (Å²) in [5.74, 6) is 0. The monoisotopic (exact) mass is 410 g/mol. The minimum Gasteiger partial charge on any atom is -0.354 e. The predicted molar refractivity (Wildman–Crippen MR) is 114 cm³/mol. The molecule has 0 fully saturated rings. The third-order valence-electron chi connectivity index (χ3n) is 4.31. The highest BCUT2D eigenvalue weighted by Gasteiger charge is 2.15. The van der Waals surface area contributed by atoms with Crippen LogP contribution in [0, 0.1) is 0 Å². The molecule has 142 valence electrons. The van der Waals surface area contributed by atoms with Gasteiger partial charge in [-0.05, 0) is 61.0 Å². The summed E-state index contributed by atoms with van der Waals surface area (Å²) >= 11 is 1.74. The van der Waals surface area contributed by atoms with Gasteiger partial charge in [0.15, 0.2) is 0 Å². The fourth-order valence-electron chi connectivity index (χ4n) is 2.80. The minimum absolute atomic E-state index is 0.0669. The molecule has 0 aromatic heterocycles. The fraction of sp³-hybridized carbons (Fsp3) is 0.0500. The van der Waals surface area contributed by atoms with Crippen LogP contribution in [0.2, 0.25) is 0 Å². The first kappa shape index (κ1) is 18.5. The lowest BCUT2D eigenvalue weighted by atomic mass is 10.1. The van der Waals surface area contributed by atoms with Crippen molar-refractivity contribution in [1.29, 1.82) is 0 Å². The van der Waals surface area contributed by atoms with Gasteiger partial charge in [-0.25, -0.2) is 13.6 Å². The highest BCUT2D eigenvalue weighted by Crippen LogP contribution is 2.44. The average Bonchev–Trinajstić information content (AvgIpc) is 2.69. The van der Waals surface area contributed by atoms with Gasteiger partial charge in [0, 0.05) is 9.79 Å². The lowest BCUT2D eigenvalue weighted by Crippen LogP contribution is -2.11. The number of sulfonamides is 1. The maximum absolute atomic E-state index is 11.3. The third-order valence-corrected chi connectivity index (χ3v) is 6.39. The number of nitrogens with one attached hydrogen (secondary N) is 2. The van der Waals surface area contributed by atoms with E-state index < -0.39 is 10.0 Å². The number of rotatable bonds is 4. The number of nitrogens with two attached hydrogens (primary N) is 1. The topological polar surface area (TPSA) is 96.6 Å². The molecular weight excluding hydrogens is 392 g/mol. The van der Waals surface area contributed by atoms with Gasteiger partial charge in [-0.15, -0.1) is 0 Å². The summed E-state index contributed by atoms with van der Waals surface area (Å²) in [5.41, 5.74) is 7.56. The van der Waals surface area contributed by atoms with Gasteiger partial charge in [0.2, 0.25) is 10.0 Å². The van der Waals surface area contributed by atoms with E-state index in [0.717, 1.165) is 22.6 Å². The largest absolute Gasteiger partial charge is 0.354 e. The van der Waals surface area contributed by atoms with E-state index in [1.54, 1.807) is 23.9 Å². The molecule has 3 aromatic rings. The summed E-state index contributed by atoms with van der Waals surface area (Å²) in [5, 5.41) is 13.0. The minimum atomic E-state index is -3.70. The molecule has 0 atom stereocenters. The summed E-state index contributed by atoms with van der Waals surface area (Å²) in [6.45, 7) is 1.91. The van der Waals surface area contributed by atoms with Crippen LogP contribution in [0.3, 0.4) is 0 Å². The van der Waals surface area contributed by atoms with Crippen LogP contribution >= 0.6 is 11.8 Å². The standard InChI is InChI=1S/C20H18N4O2S2/c1-13(23-24-15-7-9-16(10-8-15)28(21,25)26)14-6-11-20-18(12-14)22-17-4-2-3-5-19(17)27-20/h2-12,22,24H,1H3,(H2,21,25,26)/b23-13+. The Bertz CT molecular complexity index is 1170. The molecule has 1 heterocycles. The Balaban J connectivity index is 1.52. The van der Waals surface area contributed by atoms with Crippen molar-refractivity contribution in [3.63, 3.8) is 0 Å². The van der Waals surface area contributed by atoms with Crippen LogP contribution in [-0.2, 0) is 10.0 Å². The molecule has 28 heavy (non-hydrogen) atoms. The Morgan fingerprint density at radius 2 is 1.71 bits per heavy atom. The Morgan fingerprint density at radius 1 is 1.00 bits per heavy atom. The molecule has 0 saturated heterocycles. The molecule has 0 spiro atoms. The fourth-order valence-corrected chi connectivity index (χ4v) is 4.28. The molecule has 0 bridgehead atoms. The van der Waals surface area contributed by atoms with Crippen LogP contribution in [0.25, 0.3) is 0 Å². The zero-order chi connectivity index (χ0) is 19.7. The molecule has 0 aliphatic carbocycles. The van der Waals surface area contributed by atoms with Crippen LogP contribution in [0.1, 0.15) is 12.5 Å². The van der Waals surface area contributed by atoms with Crippen LogP contribution in [0.15, 0.2) is 86.5 Å². The average molecular weight is 411 g/mol. The first-order valence-corrected chi connectivity index (χ1v) is 10.9. The summed E-state index contributed by atoms with van der Waals surface area (Å²) in [7, 11) is -3.70. The van der Waals surface area contributed by atoms with E-state index >= 15 is 0 Å². The molecule has 3 aromatic carbocycles. The molecule has 0 saturated carbocycles. The number of fused-ring (bicyclic) bond motifs is 2. The molecule has 4 N–H and O–H groups in total. The predicted octanol–water partition coefficient (Wildman–Crippen LogP) is 4.38. The van der Waals surface area contributed by atoms with E-state index in [0.29, 0.717) is 5.69 Å². The number of anilines is 3. The summed E-state index contributed by atoms with van der Waals surface area (Å²) in [6, 6.07) is 20.5. The SMILES string of the molecule is C/C(=N\Nc1ccc(S(N)(=O)=O)cc1)c1ccc2c(c1)Nc1ccccc1S2. The third kappa shape index (κ3) is 3.89. The van der Waals surface area contributed by atoms with Crippen molar-refractivity contribution in [2.75, 3.05) is 10.7 Å². The van der Waals surface area contributed by atoms with Crippen molar-refractivity contribution in [3.05, 3.63) is 72.3 Å². The molecule has 1 aliphatic heterocycles. The second-order valence-corrected chi connectivity index (χ2v) is 8.96. The van der Waals surface area contributed by atoms with Crippen molar-refractivity contribution in [2.45, 2.75) is 21.6 Å². The molecule has 1 aliphatic rings. The van der Waals surface area contributed by atoms with Gasteiger partial charge in [-0.1, -0.05) is 30.0 Å². The van der Waals surface area contributed by atoms with Crippen LogP contribution in [-0.4, -0.2) is 14.1 Å². The van der Waals surface area contributed by atoms with E-state index in [1.807, 2.05) is 25.1 Å². The van der Waals surface area contributed by atoms with Gasteiger partial charge >= 0.3 is 0 Å². The molecule has 4 rings (SSSR count). The quantitative estimate of drug-likeness (QED) is 0.343. The number of para-hydroxylation sites is 1. The molecule has 0 radical (unpaired) electrons. The van der Waals surface area contributed by atoms with Crippen molar-refractivity contribution in [3.8, 4) is 0 Å². The van der Waals surface area contributed by atoms with Crippen molar-refractivity contribution in [1.82, 2.24) is 0 Å². The highest BCUT2D eigenvalue weighted by molar-refractivity contribution is 7.99. The Morgan fingerprint density at radius 3 is 2.46 bits per heavy atom. The van der Waals surface area contributed by atoms with Crippen molar-refractivity contribution >= 4 is 44.6 Å². The van der Waals surface area contributed by atoms with E-state index in [9.17, 15) is 8.42 Å². The van der Waals surface area contributed by atoms with Gasteiger partial charge in [0.1, 0.15) is 0 Å². The second-order valence-electron chi connectivity index (χ2n) is 6.31. The lowest BCUT2D eigenvalue weighted by molar-refractivity contribution is 0.598. The number of hydrogen-bond donors (Lipinski definition) is 3. The Labute approximate surface area is 167 Å². The summed E-state index contributed by atoms with van der Waals surface area (Å²) in [6.07, 6.45) is 0. The molecular formula is C20H18N4O2S2. The van der Waals surface area contributed by atoms with Crippen molar-refractivity contribution in [2.24, 2.45) is 10.2 Å². The summed E-state index contributed by atoms with van der Waals surface area (Å²) in [4.78, 5) is 2.44. The van der Waals surface area contributed by atoms with Crippen LogP contribution < -0.4 is 15.9 Å². The zero-order valence-electron chi connectivity index (χ0n) is 15.0. The molecule has 6 nitrogen and oxygen atoms in total. The van der Waals surface area contributed by atoms with Crippen LogP contribution in [0.4, 0.5) is 17.1 Å². The lowest BCUT2D eigenvalue weighted by Gasteiger charge is -2.21. The zero-order valence-corrected chi connectivity index (χ0v) is 16.6. The number of hydrazone groups is 1. The van der Waals surface area contributed by atoms with E-state index in [1.165, 1.54) is 21.9 Å². The Hall–Kier alpha value is -2.81. The number of nitrogens with zero attached hydrogens (tertiary/aromatic N) is 1. The van der Waals surface area contributed by atoms with E-state index in [4.69, 9.17) is 5.14 Å². The van der Waals surface area contributed by atoms with Gasteiger partial charge < -0.3 is 5.32 Å². The van der Waals surface area contributed by atoms with Gasteiger partial charge in [-0.3, -0.25) is 5.43 Å². The number of hydrogen-bond acceptors (Lipinski definition) is 6. The van der Waals surface area contributed by atoms with Crippen LogP contribution in [0.5, 0.6) is 0 Å².